The summed E-state index contributed by atoms with van der Waals surface area (Å²) in [5.74, 6) is 0.795. The van der Waals surface area contributed by atoms with Gasteiger partial charge < -0.3 is 19.7 Å². The maximum absolute atomic E-state index is 13.3. The second kappa shape index (κ2) is 8.49. The Balaban J connectivity index is 1.46. The zero-order valence-electron chi connectivity index (χ0n) is 16.8. The third kappa shape index (κ3) is 4.22. The van der Waals surface area contributed by atoms with Crippen molar-refractivity contribution in [3.63, 3.8) is 0 Å². The predicted octanol–water partition coefficient (Wildman–Crippen LogP) is 1.21. The summed E-state index contributed by atoms with van der Waals surface area (Å²) in [6, 6.07) is 4.10. The lowest BCUT2D eigenvalue weighted by Gasteiger charge is -2.33. The van der Waals surface area contributed by atoms with E-state index in [2.05, 4.69) is 17.1 Å². The normalized spacial score (nSPS) is 23.8. The van der Waals surface area contributed by atoms with E-state index in [0.29, 0.717) is 44.1 Å². The number of nitrogens with zero attached hydrogens (tertiary/aromatic N) is 2. The van der Waals surface area contributed by atoms with E-state index in [4.69, 9.17) is 9.47 Å². The van der Waals surface area contributed by atoms with Crippen LogP contribution < -0.4 is 14.8 Å². The van der Waals surface area contributed by atoms with Crippen molar-refractivity contribution in [3.8, 4) is 11.5 Å². The molecule has 0 saturated carbocycles. The van der Waals surface area contributed by atoms with Gasteiger partial charge >= 0.3 is 0 Å². The number of sulfonamides is 1. The molecule has 29 heavy (non-hydrogen) atoms. The van der Waals surface area contributed by atoms with Crippen molar-refractivity contribution in [2.45, 2.75) is 49.6 Å². The van der Waals surface area contributed by atoms with Crippen LogP contribution in [0.4, 0.5) is 0 Å². The number of rotatable bonds is 5. The lowest BCUT2D eigenvalue weighted by molar-refractivity contribution is -0.125. The van der Waals surface area contributed by atoms with Crippen LogP contribution in [0.3, 0.4) is 0 Å². The zero-order valence-corrected chi connectivity index (χ0v) is 17.6. The SMILES string of the molecule is CCN1CCC(NC(=O)C2CCCN2S(=O)(=O)c2ccc3c(c2)OCCO3)CC1. The van der Waals surface area contributed by atoms with Gasteiger partial charge in [-0.3, -0.25) is 4.79 Å². The number of hydrogen-bond acceptors (Lipinski definition) is 6. The molecule has 0 bridgehead atoms. The van der Waals surface area contributed by atoms with Crippen molar-refractivity contribution < 1.29 is 22.7 Å². The van der Waals surface area contributed by atoms with Crippen LogP contribution in [0.2, 0.25) is 0 Å². The monoisotopic (exact) mass is 423 g/mol. The minimum Gasteiger partial charge on any atom is -0.486 e. The zero-order chi connectivity index (χ0) is 20.4. The Morgan fingerprint density at radius 1 is 1.10 bits per heavy atom. The maximum Gasteiger partial charge on any atom is 0.243 e. The highest BCUT2D eigenvalue weighted by Crippen LogP contribution is 2.34. The molecule has 1 unspecified atom stereocenters. The summed E-state index contributed by atoms with van der Waals surface area (Å²) >= 11 is 0. The van der Waals surface area contributed by atoms with E-state index < -0.39 is 16.1 Å². The standard InChI is InChI=1S/C20H29N3O5S/c1-2-22-10-7-15(8-11-22)21-20(24)17-4-3-9-23(17)29(25,26)16-5-6-18-19(14-16)28-13-12-27-18/h5-6,14-15,17H,2-4,7-13H2,1H3,(H,21,24). The first-order valence-electron chi connectivity index (χ1n) is 10.4. The van der Waals surface area contributed by atoms with Crippen LogP contribution >= 0.6 is 0 Å². The number of fused-ring (bicyclic) bond motifs is 1. The Morgan fingerprint density at radius 3 is 2.55 bits per heavy atom. The lowest BCUT2D eigenvalue weighted by Crippen LogP contribution is -2.51. The van der Waals surface area contributed by atoms with Gasteiger partial charge in [-0.05, 0) is 44.4 Å². The van der Waals surface area contributed by atoms with Gasteiger partial charge in [0.2, 0.25) is 15.9 Å². The Labute approximate surface area is 172 Å². The maximum atomic E-state index is 13.3. The van der Waals surface area contributed by atoms with Gasteiger partial charge in [-0.2, -0.15) is 4.31 Å². The second-order valence-corrected chi connectivity index (χ2v) is 9.69. The lowest BCUT2D eigenvalue weighted by atomic mass is 10.0. The summed E-state index contributed by atoms with van der Waals surface area (Å²) in [5.41, 5.74) is 0. The van der Waals surface area contributed by atoms with Crippen molar-refractivity contribution in [3.05, 3.63) is 18.2 Å². The molecule has 0 aromatic heterocycles. The fraction of sp³-hybridized carbons (Fsp3) is 0.650. The summed E-state index contributed by atoms with van der Waals surface area (Å²) in [7, 11) is -3.79. The molecular weight excluding hydrogens is 394 g/mol. The number of benzene rings is 1. The predicted molar refractivity (Wildman–Crippen MR) is 108 cm³/mol. The van der Waals surface area contributed by atoms with Gasteiger partial charge in [0.1, 0.15) is 19.3 Å². The van der Waals surface area contributed by atoms with Crippen molar-refractivity contribution in [1.82, 2.24) is 14.5 Å². The number of amides is 1. The van der Waals surface area contributed by atoms with E-state index in [-0.39, 0.29) is 16.8 Å². The fourth-order valence-corrected chi connectivity index (χ4v) is 5.97. The molecule has 2 saturated heterocycles. The van der Waals surface area contributed by atoms with Crippen LogP contribution in [-0.2, 0) is 14.8 Å². The molecule has 1 atom stereocenters. The minimum atomic E-state index is -3.79. The molecule has 0 spiro atoms. The molecule has 8 nitrogen and oxygen atoms in total. The molecule has 160 valence electrons. The molecule has 1 amide bonds. The Kier molecular flexibility index (Phi) is 5.98. The van der Waals surface area contributed by atoms with E-state index in [0.717, 1.165) is 32.5 Å². The van der Waals surface area contributed by atoms with Crippen LogP contribution in [-0.4, -0.2) is 75.0 Å². The molecule has 4 rings (SSSR count). The summed E-state index contributed by atoms with van der Waals surface area (Å²) in [5, 5.41) is 3.09. The van der Waals surface area contributed by atoms with Crippen molar-refractivity contribution >= 4 is 15.9 Å². The first kappa shape index (κ1) is 20.4. The molecule has 0 aliphatic carbocycles. The number of likely N-dealkylation sites (tertiary alicyclic amines) is 1. The van der Waals surface area contributed by atoms with E-state index in [1.165, 1.54) is 16.4 Å². The molecule has 3 aliphatic rings. The topological polar surface area (TPSA) is 88.2 Å². The van der Waals surface area contributed by atoms with Crippen molar-refractivity contribution in [1.29, 1.82) is 0 Å². The first-order chi connectivity index (χ1) is 14.0. The third-order valence-corrected chi connectivity index (χ3v) is 7.91. The molecular formula is C20H29N3O5S. The van der Waals surface area contributed by atoms with Gasteiger partial charge in [-0.1, -0.05) is 6.92 Å². The van der Waals surface area contributed by atoms with Crippen molar-refractivity contribution in [2.75, 3.05) is 39.4 Å². The number of carbonyl (C=O) groups is 1. The van der Waals surface area contributed by atoms with E-state index in [1.807, 2.05) is 0 Å². The largest absolute Gasteiger partial charge is 0.486 e. The average molecular weight is 424 g/mol. The van der Waals surface area contributed by atoms with Gasteiger partial charge in [0.25, 0.3) is 0 Å². The Bertz CT molecular complexity index is 852. The number of hydrogen-bond donors (Lipinski definition) is 1. The molecule has 0 radical (unpaired) electrons. The van der Waals surface area contributed by atoms with Gasteiger partial charge in [0, 0.05) is 31.7 Å². The summed E-state index contributed by atoms with van der Waals surface area (Å²) in [6.07, 6.45) is 3.03. The van der Waals surface area contributed by atoms with Crippen LogP contribution in [0.1, 0.15) is 32.6 Å². The van der Waals surface area contributed by atoms with Crippen LogP contribution in [0.5, 0.6) is 11.5 Å². The summed E-state index contributed by atoms with van der Waals surface area (Å²) < 4.78 is 38.8. The molecule has 1 aromatic rings. The smallest absolute Gasteiger partial charge is 0.243 e. The molecule has 9 heteroatoms. The summed E-state index contributed by atoms with van der Waals surface area (Å²) in [6.45, 7) is 6.27. The Morgan fingerprint density at radius 2 is 1.83 bits per heavy atom. The highest BCUT2D eigenvalue weighted by atomic mass is 32.2. The van der Waals surface area contributed by atoms with E-state index in [1.54, 1.807) is 6.07 Å². The first-order valence-corrected chi connectivity index (χ1v) is 11.9. The van der Waals surface area contributed by atoms with E-state index in [9.17, 15) is 13.2 Å². The number of nitrogens with one attached hydrogen (secondary N) is 1. The third-order valence-electron chi connectivity index (χ3n) is 6.01. The van der Waals surface area contributed by atoms with Gasteiger partial charge in [0.05, 0.1) is 4.90 Å². The highest BCUT2D eigenvalue weighted by molar-refractivity contribution is 7.89. The molecule has 2 fully saturated rings. The van der Waals surface area contributed by atoms with Gasteiger partial charge in [-0.25, -0.2) is 8.42 Å². The minimum absolute atomic E-state index is 0.116. The van der Waals surface area contributed by atoms with Crippen LogP contribution in [0.25, 0.3) is 0 Å². The molecule has 3 heterocycles. The number of ether oxygens (including phenoxy) is 2. The van der Waals surface area contributed by atoms with Gasteiger partial charge in [-0.15, -0.1) is 0 Å². The second-order valence-electron chi connectivity index (χ2n) is 7.80. The van der Waals surface area contributed by atoms with Crippen LogP contribution in [0.15, 0.2) is 23.1 Å². The average Bonchev–Trinajstić information content (AvgIpc) is 3.25. The summed E-state index contributed by atoms with van der Waals surface area (Å²) in [4.78, 5) is 15.4. The van der Waals surface area contributed by atoms with Crippen LogP contribution in [0, 0.1) is 0 Å². The van der Waals surface area contributed by atoms with E-state index >= 15 is 0 Å². The van der Waals surface area contributed by atoms with Gasteiger partial charge in [0.15, 0.2) is 11.5 Å². The quantitative estimate of drug-likeness (QED) is 0.766. The molecule has 3 aliphatic heterocycles. The number of piperidine rings is 1. The fourth-order valence-electron chi connectivity index (χ4n) is 4.30. The van der Waals surface area contributed by atoms with Crippen molar-refractivity contribution in [2.24, 2.45) is 0 Å². The molecule has 1 N–H and O–H groups in total. The number of carbonyl (C=O) groups excluding carboxylic acids is 1. The molecule has 1 aromatic carbocycles. The highest BCUT2D eigenvalue weighted by Gasteiger charge is 2.40. The Hall–Kier alpha value is -1.84.